The van der Waals surface area contributed by atoms with Gasteiger partial charge in [-0.1, -0.05) is 24.2 Å². The lowest BCUT2D eigenvalue weighted by molar-refractivity contribution is 0.348. The Morgan fingerprint density at radius 3 is 2.94 bits per heavy atom. The minimum Gasteiger partial charge on any atom is -0.488 e. The van der Waals surface area contributed by atoms with E-state index < -0.39 is 0 Å². The van der Waals surface area contributed by atoms with Gasteiger partial charge in [-0.05, 0) is 43.0 Å². The first-order valence-corrected chi connectivity index (χ1v) is 6.32. The summed E-state index contributed by atoms with van der Waals surface area (Å²) in [6.07, 6.45) is 2.58. The number of ether oxygens (including phenoxy) is 1. The molecule has 1 fully saturated rings. The minimum atomic E-state index is 0.516. The van der Waals surface area contributed by atoms with Crippen molar-refractivity contribution in [2.45, 2.75) is 25.8 Å². The molecule has 0 aliphatic heterocycles. The summed E-state index contributed by atoms with van der Waals surface area (Å²) in [6.45, 7) is 7.34. The van der Waals surface area contributed by atoms with Crippen molar-refractivity contribution < 1.29 is 4.74 Å². The monoisotopic (exact) mass is 251 g/mol. The van der Waals surface area contributed by atoms with Crippen molar-refractivity contribution in [3.63, 3.8) is 0 Å². The normalized spacial score (nSPS) is 14.7. The molecule has 1 aliphatic carbocycles. The maximum atomic E-state index is 6.08. The highest BCUT2D eigenvalue weighted by molar-refractivity contribution is 6.32. The van der Waals surface area contributed by atoms with Crippen molar-refractivity contribution in [3.8, 4) is 5.75 Å². The molecule has 0 aromatic heterocycles. The number of nitrogens with one attached hydrogen (secondary N) is 1. The number of halogens is 1. The molecule has 0 spiro atoms. The molecule has 1 N–H and O–H groups in total. The molecule has 2 rings (SSSR count). The zero-order valence-corrected chi connectivity index (χ0v) is 10.9. The van der Waals surface area contributed by atoms with Gasteiger partial charge < -0.3 is 10.1 Å². The lowest BCUT2D eigenvalue weighted by Crippen LogP contribution is -2.21. The van der Waals surface area contributed by atoms with Crippen LogP contribution in [0.2, 0.25) is 5.02 Å². The van der Waals surface area contributed by atoms with E-state index in [-0.39, 0.29) is 0 Å². The van der Waals surface area contributed by atoms with E-state index in [4.69, 9.17) is 16.3 Å². The van der Waals surface area contributed by atoms with Gasteiger partial charge in [-0.25, -0.2) is 0 Å². The van der Waals surface area contributed by atoms with Crippen LogP contribution >= 0.6 is 11.6 Å². The van der Waals surface area contributed by atoms with E-state index in [0.29, 0.717) is 17.7 Å². The molecule has 0 radical (unpaired) electrons. The molecule has 0 amide bonds. The van der Waals surface area contributed by atoms with Crippen molar-refractivity contribution in [2.24, 2.45) is 0 Å². The highest BCUT2D eigenvalue weighted by atomic mass is 35.5. The molecular formula is C14H18ClNO. The predicted molar refractivity (Wildman–Crippen MR) is 71.8 cm³/mol. The van der Waals surface area contributed by atoms with Gasteiger partial charge in [0.05, 0.1) is 5.02 Å². The van der Waals surface area contributed by atoms with Crippen LogP contribution in [0.15, 0.2) is 30.4 Å². The molecule has 1 aromatic carbocycles. The standard InChI is InChI=1S/C14H18ClNO/c1-10-3-6-14(13(15)7-10)17-9-11(2)8-16-12-4-5-12/h3,6-7,12,16H,2,4-5,8-9H2,1H3. The molecule has 0 bridgehead atoms. The second-order valence-electron chi connectivity index (χ2n) is 4.63. The van der Waals surface area contributed by atoms with Crippen molar-refractivity contribution in [1.82, 2.24) is 5.32 Å². The highest BCUT2D eigenvalue weighted by Gasteiger charge is 2.20. The Morgan fingerprint density at radius 2 is 2.29 bits per heavy atom. The molecule has 0 heterocycles. The number of hydrogen-bond donors (Lipinski definition) is 1. The SMILES string of the molecule is C=C(CNC1CC1)COc1ccc(C)cc1Cl. The van der Waals surface area contributed by atoms with Gasteiger partial charge in [0.1, 0.15) is 12.4 Å². The molecule has 92 valence electrons. The Kier molecular flexibility index (Phi) is 4.08. The van der Waals surface area contributed by atoms with Gasteiger partial charge >= 0.3 is 0 Å². The first kappa shape index (κ1) is 12.5. The molecule has 1 aliphatic rings. The van der Waals surface area contributed by atoms with E-state index in [1.54, 1.807) is 0 Å². The maximum Gasteiger partial charge on any atom is 0.138 e. The Hall–Kier alpha value is -0.990. The van der Waals surface area contributed by atoms with Crippen molar-refractivity contribution >= 4 is 11.6 Å². The molecule has 3 heteroatoms. The van der Waals surface area contributed by atoms with E-state index in [1.807, 2.05) is 25.1 Å². The van der Waals surface area contributed by atoms with Gasteiger partial charge in [0.2, 0.25) is 0 Å². The first-order valence-electron chi connectivity index (χ1n) is 5.94. The van der Waals surface area contributed by atoms with Crippen LogP contribution in [0, 0.1) is 6.92 Å². The largest absolute Gasteiger partial charge is 0.488 e. The highest BCUT2D eigenvalue weighted by Crippen LogP contribution is 2.25. The van der Waals surface area contributed by atoms with Crippen LogP contribution in [0.4, 0.5) is 0 Å². The predicted octanol–water partition coefficient (Wildman–Crippen LogP) is 3.34. The lowest BCUT2D eigenvalue weighted by Gasteiger charge is -2.11. The third-order valence-corrected chi connectivity index (χ3v) is 3.03. The number of benzene rings is 1. The fourth-order valence-corrected chi connectivity index (χ4v) is 1.82. The van der Waals surface area contributed by atoms with Crippen molar-refractivity contribution in [1.29, 1.82) is 0 Å². The average Bonchev–Trinajstić information content (AvgIpc) is 3.09. The average molecular weight is 252 g/mol. The maximum absolute atomic E-state index is 6.08. The summed E-state index contributed by atoms with van der Waals surface area (Å²) in [5, 5.41) is 4.06. The second-order valence-corrected chi connectivity index (χ2v) is 5.03. The van der Waals surface area contributed by atoms with E-state index >= 15 is 0 Å². The Labute approximate surface area is 108 Å². The second kappa shape index (κ2) is 5.56. The van der Waals surface area contributed by atoms with Crippen LogP contribution in [0.5, 0.6) is 5.75 Å². The van der Waals surface area contributed by atoms with Crippen LogP contribution in [-0.2, 0) is 0 Å². The first-order chi connectivity index (χ1) is 8.15. The number of rotatable bonds is 6. The van der Waals surface area contributed by atoms with Gasteiger partial charge in [-0.15, -0.1) is 0 Å². The smallest absolute Gasteiger partial charge is 0.138 e. The molecule has 0 unspecified atom stereocenters. The van der Waals surface area contributed by atoms with Crippen molar-refractivity contribution in [3.05, 3.63) is 40.9 Å². The van der Waals surface area contributed by atoms with Gasteiger partial charge in [0.25, 0.3) is 0 Å². The molecule has 17 heavy (non-hydrogen) atoms. The zero-order valence-electron chi connectivity index (χ0n) is 10.1. The van der Waals surface area contributed by atoms with Crippen LogP contribution in [0.25, 0.3) is 0 Å². The molecular weight excluding hydrogens is 234 g/mol. The number of aryl methyl sites for hydroxylation is 1. The Balaban J connectivity index is 1.77. The minimum absolute atomic E-state index is 0.516. The quantitative estimate of drug-likeness (QED) is 0.783. The summed E-state index contributed by atoms with van der Waals surface area (Å²) in [6, 6.07) is 6.50. The van der Waals surface area contributed by atoms with Gasteiger partial charge in [0.15, 0.2) is 0 Å². The molecule has 0 saturated heterocycles. The van der Waals surface area contributed by atoms with E-state index in [9.17, 15) is 0 Å². The van der Waals surface area contributed by atoms with E-state index in [2.05, 4.69) is 11.9 Å². The fourth-order valence-electron chi connectivity index (χ4n) is 1.53. The van der Waals surface area contributed by atoms with E-state index in [0.717, 1.165) is 23.4 Å². The van der Waals surface area contributed by atoms with Crippen LogP contribution < -0.4 is 10.1 Å². The van der Waals surface area contributed by atoms with Crippen LogP contribution in [0.1, 0.15) is 18.4 Å². The summed E-state index contributed by atoms with van der Waals surface area (Å²) < 4.78 is 5.63. The Morgan fingerprint density at radius 1 is 1.53 bits per heavy atom. The van der Waals surface area contributed by atoms with Gasteiger partial charge in [0, 0.05) is 12.6 Å². The summed E-state index contributed by atoms with van der Waals surface area (Å²) in [4.78, 5) is 0. The summed E-state index contributed by atoms with van der Waals surface area (Å²) >= 11 is 6.08. The lowest BCUT2D eigenvalue weighted by atomic mass is 10.2. The van der Waals surface area contributed by atoms with E-state index in [1.165, 1.54) is 12.8 Å². The fraction of sp³-hybridized carbons (Fsp3) is 0.429. The molecule has 1 saturated carbocycles. The third kappa shape index (κ3) is 4.06. The third-order valence-electron chi connectivity index (χ3n) is 2.74. The zero-order chi connectivity index (χ0) is 12.3. The van der Waals surface area contributed by atoms with Crippen molar-refractivity contribution in [2.75, 3.05) is 13.2 Å². The summed E-state index contributed by atoms with van der Waals surface area (Å²) in [7, 11) is 0. The molecule has 0 atom stereocenters. The van der Waals surface area contributed by atoms with Gasteiger partial charge in [-0.3, -0.25) is 0 Å². The summed E-state index contributed by atoms with van der Waals surface area (Å²) in [5.41, 5.74) is 2.19. The molecule has 1 aromatic rings. The number of hydrogen-bond acceptors (Lipinski definition) is 2. The molecule has 2 nitrogen and oxygen atoms in total. The van der Waals surface area contributed by atoms with Crippen LogP contribution in [-0.4, -0.2) is 19.2 Å². The Bertz CT molecular complexity index is 413. The topological polar surface area (TPSA) is 21.3 Å². The summed E-state index contributed by atoms with van der Waals surface area (Å²) in [5.74, 6) is 0.727. The van der Waals surface area contributed by atoms with Gasteiger partial charge in [-0.2, -0.15) is 0 Å². The van der Waals surface area contributed by atoms with Crippen LogP contribution in [0.3, 0.4) is 0 Å².